The standard InChI is InChI=1S/C20H20F3NO3/c21-20(22,23)17-4-2-1-3-16(17)19(27)9-11-24(12-10-19)13-14-5-7-15(8-6-14)18(25)26/h1-8,27H,9-13H2,(H,25,26). The molecular formula is C20H20F3NO3. The highest BCUT2D eigenvalue weighted by atomic mass is 19.4. The molecule has 2 N–H and O–H groups in total. The number of hydrogen-bond donors (Lipinski definition) is 2. The molecule has 0 unspecified atom stereocenters. The summed E-state index contributed by atoms with van der Waals surface area (Å²) in [6.45, 7) is 1.45. The second kappa shape index (κ2) is 7.32. The number of nitrogens with zero attached hydrogens (tertiary/aromatic N) is 1. The van der Waals surface area contributed by atoms with E-state index in [-0.39, 0.29) is 24.0 Å². The van der Waals surface area contributed by atoms with E-state index in [1.807, 2.05) is 4.90 Å². The van der Waals surface area contributed by atoms with Crippen LogP contribution in [-0.4, -0.2) is 34.2 Å². The van der Waals surface area contributed by atoms with Gasteiger partial charge in [-0.15, -0.1) is 0 Å². The Balaban J connectivity index is 1.69. The number of piperidine rings is 1. The number of benzene rings is 2. The van der Waals surface area contributed by atoms with Crippen LogP contribution in [0.3, 0.4) is 0 Å². The van der Waals surface area contributed by atoms with Crippen molar-refractivity contribution in [3.8, 4) is 0 Å². The Kier molecular flexibility index (Phi) is 5.26. The van der Waals surface area contributed by atoms with E-state index in [9.17, 15) is 23.1 Å². The van der Waals surface area contributed by atoms with Gasteiger partial charge in [0.25, 0.3) is 0 Å². The Morgan fingerprint density at radius 3 is 2.19 bits per heavy atom. The average molecular weight is 379 g/mol. The van der Waals surface area contributed by atoms with Gasteiger partial charge in [0.15, 0.2) is 0 Å². The molecular weight excluding hydrogens is 359 g/mol. The topological polar surface area (TPSA) is 60.8 Å². The summed E-state index contributed by atoms with van der Waals surface area (Å²) in [4.78, 5) is 12.9. The van der Waals surface area contributed by atoms with Crippen molar-refractivity contribution in [1.29, 1.82) is 0 Å². The minimum absolute atomic E-state index is 0.0667. The van der Waals surface area contributed by atoms with E-state index in [0.717, 1.165) is 11.6 Å². The average Bonchev–Trinajstić information content (AvgIpc) is 2.63. The van der Waals surface area contributed by atoms with Gasteiger partial charge < -0.3 is 10.2 Å². The summed E-state index contributed by atoms with van der Waals surface area (Å²) in [5.41, 5.74) is -1.24. The lowest BCUT2D eigenvalue weighted by atomic mass is 9.81. The van der Waals surface area contributed by atoms with Gasteiger partial charge in [0.2, 0.25) is 0 Å². The molecule has 0 saturated carbocycles. The molecule has 27 heavy (non-hydrogen) atoms. The highest BCUT2D eigenvalue weighted by Gasteiger charge is 2.42. The van der Waals surface area contributed by atoms with Gasteiger partial charge in [-0.2, -0.15) is 13.2 Å². The van der Waals surface area contributed by atoms with E-state index >= 15 is 0 Å². The van der Waals surface area contributed by atoms with Gasteiger partial charge >= 0.3 is 12.1 Å². The molecule has 0 amide bonds. The fraction of sp³-hybridized carbons (Fsp3) is 0.350. The van der Waals surface area contributed by atoms with Crippen molar-refractivity contribution in [1.82, 2.24) is 4.90 Å². The molecule has 1 heterocycles. The van der Waals surface area contributed by atoms with Gasteiger partial charge in [0, 0.05) is 19.6 Å². The zero-order valence-electron chi connectivity index (χ0n) is 14.5. The molecule has 2 aromatic rings. The molecule has 0 aliphatic carbocycles. The van der Waals surface area contributed by atoms with Gasteiger partial charge in [0.1, 0.15) is 0 Å². The van der Waals surface area contributed by atoms with Crippen molar-refractivity contribution in [3.05, 3.63) is 70.8 Å². The lowest BCUT2D eigenvalue weighted by Crippen LogP contribution is -2.43. The van der Waals surface area contributed by atoms with Crippen molar-refractivity contribution in [3.63, 3.8) is 0 Å². The quantitative estimate of drug-likeness (QED) is 0.846. The number of carboxylic acid groups (broad SMARTS) is 1. The fourth-order valence-electron chi connectivity index (χ4n) is 3.50. The Hall–Kier alpha value is -2.38. The Morgan fingerprint density at radius 1 is 1.04 bits per heavy atom. The molecule has 0 spiro atoms. The first-order chi connectivity index (χ1) is 12.7. The number of aromatic carboxylic acids is 1. The van der Waals surface area contributed by atoms with E-state index in [1.54, 1.807) is 12.1 Å². The van der Waals surface area contributed by atoms with Gasteiger partial charge in [-0.1, -0.05) is 30.3 Å². The lowest BCUT2D eigenvalue weighted by molar-refractivity contribution is -0.142. The van der Waals surface area contributed by atoms with E-state index in [2.05, 4.69) is 0 Å². The highest BCUT2D eigenvalue weighted by Crippen LogP contribution is 2.41. The van der Waals surface area contributed by atoms with Crippen LogP contribution in [0.4, 0.5) is 13.2 Å². The monoisotopic (exact) mass is 379 g/mol. The molecule has 1 fully saturated rings. The predicted octanol–water partition coefficient (Wildman–Crippen LogP) is 3.89. The first-order valence-corrected chi connectivity index (χ1v) is 8.63. The van der Waals surface area contributed by atoms with Crippen molar-refractivity contribution in [2.24, 2.45) is 0 Å². The first-order valence-electron chi connectivity index (χ1n) is 8.63. The second-order valence-electron chi connectivity index (χ2n) is 6.85. The van der Waals surface area contributed by atoms with E-state index in [1.165, 1.54) is 30.3 Å². The van der Waals surface area contributed by atoms with Crippen LogP contribution in [-0.2, 0) is 18.3 Å². The predicted molar refractivity (Wildman–Crippen MR) is 93.3 cm³/mol. The number of likely N-dealkylation sites (tertiary alicyclic amines) is 1. The molecule has 0 aromatic heterocycles. The van der Waals surface area contributed by atoms with Crippen LogP contribution >= 0.6 is 0 Å². The molecule has 144 valence electrons. The lowest BCUT2D eigenvalue weighted by Gasteiger charge is -2.39. The molecule has 1 aliphatic rings. The summed E-state index contributed by atoms with van der Waals surface area (Å²) in [6.07, 6.45) is -4.10. The number of carbonyl (C=O) groups is 1. The summed E-state index contributed by atoms with van der Waals surface area (Å²) in [6, 6.07) is 11.7. The van der Waals surface area contributed by atoms with Crippen molar-refractivity contribution in [2.75, 3.05) is 13.1 Å². The molecule has 1 saturated heterocycles. The molecule has 4 nitrogen and oxygen atoms in total. The van der Waals surface area contributed by atoms with E-state index in [4.69, 9.17) is 5.11 Å². The van der Waals surface area contributed by atoms with Crippen LogP contribution in [0.25, 0.3) is 0 Å². The van der Waals surface area contributed by atoms with Gasteiger partial charge in [-0.3, -0.25) is 4.90 Å². The molecule has 7 heteroatoms. The van der Waals surface area contributed by atoms with Gasteiger partial charge in [-0.05, 0) is 42.2 Å². The molecule has 2 aromatic carbocycles. The molecule has 0 radical (unpaired) electrons. The van der Waals surface area contributed by atoms with Crippen LogP contribution in [0.15, 0.2) is 48.5 Å². The number of carboxylic acids is 1. The second-order valence-corrected chi connectivity index (χ2v) is 6.85. The molecule has 0 bridgehead atoms. The molecule has 0 atom stereocenters. The number of halogens is 3. The van der Waals surface area contributed by atoms with Crippen LogP contribution in [0.2, 0.25) is 0 Å². The number of alkyl halides is 3. The first kappa shape index (κ1) is 19.4. The number of rotatable bonds is 4. The zero-order chi connectivity index (χ0) is 19.7. The number of aliphatic hydroxyl groups is 1. The fourth-order valence-corrected chi connectivity index (χ4v) is 3.50. The summed E-state index contributed by atoms with van der Waals surface area (Å²) < 4.78 is 39.8. The van der Waals surface area contributed by atoms with Gasteiger partial charge in [0.05, 0.1) is 16.7 Å². The van der Waals surface area contributed by atoms with Crippen LogP contribution in [0, 0.1) is 0 Å². The van der Waals surface area contributed by atoms with Crippen LogP contribution in [0.1, 0.15) is 39.9 Å². The summed E-state index contributed by atoms with van der Waals surface area (Å²) in [5, 5.41) is 19.8. The minimum Gasteiger partial charge on any atom is -0.478 e. The van der Waals surface area contributed by atoms with Gasteiger partial charge in [-0.25, -0.2) is 4.79 Å². The maximum absolute atomic E-state index is 13.3. The Labute approximate surface area is 154 Å². The van der Waals surface area contributed by atoms with E-state index in [0.29, 0.717) is 19.6 Å². The maximum atomic E-state index is 13.3. The normalized spacial score (nSPS) is 17.6. The summed E-state index contributed by atoms with van der Waals surface area (Å²) in [5.74, 6) is -0.993. The minimum atomic E-state index is -4.50. The molecule has 1 aliphatic heterocycles. The molecule has 3 rings (SSSR count). The van der Waals surface area contributed by atoms with Crippen molar-refractivity contribution >= 4 is 5.97 Å². The van der Waals surface area contributed by atoms with Crippen LogP contribution in [0.5, 0.6) is 0 Å². The van der Waals surface area contributed by atoms with E-state index < -0.39 is 23.3 Å². The van der Waals surface area contributed by atoms with Crippen molar-refractivity contribution in [2.45, 2.75) is 31.2 Å². The third-order valence-electron chi connectivity index (χ3n) is 5.02. The Morgan fingerprint density at radius 2 is 1.63 bits per heavy atom. The highest BCUT2D eigenvalue weighted by molar-refractivity contribution is 5.87. The smallest absolute Gasteiger partial charge is 0.416 e. The third-order valence-corrected chi connectivity index (χ3v) is 5.02. The Bertz CT molecular complexity index is 810. The number of hydrogen-bond acceptors (Lipinski definition) is 3. The van der Waals surface area contributed by atoms with Crippen LogP contribution < -0.4 is 0 Å². The summed E-state index contributed by atoms with van der Waals surface area (Å²) in [7, 11) is 0. The van der Waals surface area contributed by atoms with Crippen molar-refractivity contribution < 1.29 is 28.2 Å². The largest absolute Gasteiger partial charge is 0.478 e. The zero-order valence-corrected chi connectivity index (χ0v) is 14.5. The SMILES string of the molecule is O=C(O)c1ccc(CN2CCC(O)(c3ccccc3C(F)(F)F)CC2)cc1. The third kappa shape index (κ3) is 4.31. The summed E-state index contributed by atoms with van der Waals surface area (Å²) >= 11 is 0. The maximum Gasteiger partial charge on any atom is 0.416 e.